The average Bonchev–Trinajstić information content (AvgIpc) is 2.07. The highest BCUT2D eigenvalue weighted by atomic mass is 79.9. The van der Waals surface area contributed by atoms with Crippen LogP contribution in [0.5, 0.6) is 0 Å². The number of hydrogen-bond donors (Lipinski definition) is 1. The van der Waals surface area contributed by atoms with Gasteiger partial charge in [-0.05, 0) is 19.1 Å². The second-order valence-electron chi connectivity index (χ2n) is 3.64. The molecule has 0 heterocycles. The van der Waals surface area contributed by atoms with E-state index < -0.39 is 27.5 Å². The van der Waals surface area contributed by atoms with Crippen LogP contribution in [0.1, 0.15) is 12.5 Å². The second kappa shape index (κ2) is 5.25. The molecule has 0 spiro atoms. The molecule has 1 atom stereocenters. The minimum atomic E-state index is -3.47. The topological polar surface area (TPSA) is 54.4 Å². The van der Waals surface area contributed by atoms with Gasteiger partial charge in [0, 0.05) is 10.0 Å². The van der Waals surface area contributed by atoms with Gasteiger partial charge in [0.25, 0.3) is 0 Å². The van der Waals surface area contributed by atoms with Crippen molar-refractivity contribution >= 4 is 25.8 Å². The molecule has 90 valence electrons. The molecule has 0 amide bonds. The summed E-state index contributed by atoms with van der Waals surface area (Å²) in [7, 11) is -3.47. The third kappa shape index (κ3) is 4.19. The smallest absolute Gasteiger partial charge is 0.157 e. The zero-order valence-corrected chi connectivity index (χ0v) is 11.1. The van der Waals surface area contributed by atoms with Crippen molar-refractivity contribution in [2.45, 2.75) is 18.8 Å². The fourth-order valence-electron chi connectivity index (χ4n) is 1.30. The number of rotatable bonds is 4. The number of hydrogen-bond acceptors (Lipinski definition) is 3. The summed E-state index contributed by atoms with van der Waals surface area (Å²) in [6.07, 6.45) is -0.941. The largest absolute Gasteiger partial charge is 0.392 e. The first kappa shape index (κ1) is 13.6. The van der Waals surface area contributed by atoms with Crippen molar-refractivity contribution in [3.8, 4) is 0 Å². The maximum absolute atomic E-state index is 13.4. The van der Waals surface area contributed by atoms with Crippen LogP contribution in [0.25, 0.3) is 0 Å². The zero-order chi connectivity index (χ0) is 12.3. The number of benzene rings is 1. The lowest BCUT2D eigenvalue weighted by atomic mass is 10.2. The minimum Gasteiger partial charge on any atom is -0.392 e. The molecule has 0 aliphatic rings. The van der Waals surface area contributed by atoms with E-state index in [-0.39, 0.29) is 11.3 Å². The molecular weight excluding hydrogens is 299 g/mol. The van der Waals surface area contributed by atoms with Crippen LogP contribution in [-0.2, 0) is 15.6 Å². The van der Waals surface area contributed by atoms with E-state index in [9.17, 15) is 12.8 Å². The molecule has 16 heavy (non-hydrogen) atoms. The highest BCUT2D eigenvalue weighted by molar-refractivity contribution is 9.10. The van der Waals surface area contributed by atoms with Gasteiger partial charge in [0.05, 0.1) is 17.6 Å². The van der Waals surface area contributed by atoms with Gasteiger partial charge in [0.1, 0.15) is 5.82 Å². The van der Waals surface area contributed by atoms with Crippen molar-refractivity contribution < 1.29 is 17.9 Å². The monoisotopic (exact) mass is 310 g/mol. The summed E-state index contributed by atoms with van der Waals surface area (Å²) in [5.41, 5.74) is 0.115. The van der Waals surface area contributed by atoms with Crippen molar-refractivity contribution in [1.29, 1.82) is 0 Å². The van der Waals surface area contributed by atoms with Gasteiger partial charge < -0.3 is 5.11 Å². The quantitative estimate of drug-likeness (QED) is 0.924. The summed E-state index contributed by atoms with van der Waals surface area (Å²) < 4.78 is 36.9. The van der Waals surface area contributed by atoms with Crippen molar-refractivity contribution in [2.24, 2.45) is 0 Å². The van der Waals surface area contributed by atoms with E-state index in [1.54, 1.807) is 6.07 Å². The Kier molecular flexibility index (Phi) is 4.46. The van der Waals surface area contributed by atoms with E-state index in [1.165, 1.54) is 19.1 Å². The van der Waals surface area contributed by atoms with Gasteiger partial charge in [-0.15, -0.1) is 0 Å². The third-order valence-electron chi connectivity index (χ3n) is 1.89. The molecule has 0 aliphatic heterocycles. The predicted molar refractivity (Wildman–Crippen MR) is 63.3 cm³/mol. The molecule has 0 radical (unpaired) electrons. The first-order valence-corrected chi connectivity index (χ1v) is 7.24. The second-order valence-corrected chi connectivity index (χ2v) is 6.66. The molecule has 0 saturated heterocycles. The molecule has 0 fully saturated rings. The van der Waals surface area contributed by atoms with Gasteiger partial charge in [-0.25, -0.2) is 12.8 Å². The standard InChI is InChI=1S/C10H12BrFO3S/c1-7(13)5-16(14,15)6-8-2-3-9(11)4-10(8)12/h2-4,7,13H,5-6H2,1H3/t7-/m1/s1. The Labute approximate surface area is 102 Å². The summed E-state index contributed by atoms with van der Waals surface area (Å²) in [4.78, 5) is 0. The predicted octanol–water partition coefficient (Wildman–Crippen LogP) is 1.88. The van der Waals surface area contributed by atoms with E-state index in [4.69, 9.17) is 5.11 Å². The Morgan fingerprint density at radius 1 is 1.50 bits per heavy atom. The summed E-state index contributed by atoms with van der Waals surface area (Å²) in [6.45, 7) is 1.38. The van der Waals surface area contributed by atoms with E-state index >= 15 is 0 Å². The van der Waals surface area contributed by atoms with Crippen LogP contribution in [-0.4, -0.2) is 25.4 Å². The number of halogens is 2. The fraction of sp³-hybridized carbons (Fsp3) is 0.400. The SMILES string of the molecule is C[C@@H](O)CS(=O)(=O)Cc1ccc(Br)cc1F. The van der Waals surface area contributed by atoms with Gasteiger partial charge in [0.2, 0.25) is 0 Å². The van der Waals surface area contributed by atoms with E-state index in [0.717, 1.165) is 0 Å². The maximum atomic E-state index is 13.4. The van der Waals surface area contributed by atoms with Gasteiger partial charge in [-0.1, -0.05) is 22.0 Å². The Hall–Kier alpha value is -0.460. The molecule has 0 bridgehead atoms. The Balaban J connectivity index is 2.88. The Bertz CT molecular complexity index is 471. The molecular formula is C10H12BrFO3S. The summed E-state index contributed by atoms with van der Waals surface area (Å²) >= 11 is 3.09. The first-order valence-electron chi connectivity index (χ1n) is 4.62. The Morgan fingerprint density at radius 3 is 2.62 bits per heavy atom. The van der Waals surface area contributed by atoms with E-state index in [1.807, 2.05) is 0 Å². The molecule has 6 heteroatoms. The molecule has 0 aromatic heterocycles. The molecule has 3 nitrogen and oxygen atoms in total. The van der Waals surface area contributed by atoms with Crippen LogP contribution in [0.2, 0.25) is 0 Å². The van der Waals surface area contributed by atoms with Crippen LogP contribution in [0.3, 0.4) is 0 Å². The molecule has 1 N–H and O–H groups in total. The third-order valence-corrected chi connectivity index (χ3v) is 4.12. The average molecular weight is 311 g/mol. The van der Waals surface area contributed by atoms with E-state index in [0.29, 0.717) is 4.47 Å². The van der Waals surface area contributed by atoms with Gasteiger partial charge in [0.15, 0.2) is 9.84 Å². The summed E-state index contributed by atoms with van der Waals surface area (Å²) in [6, 6.07) is 4.21. The summed E-state index contributed by atoms with van der Waals surface area (Å²) in [5.74, 6) is -1.32. The molecule has 0 aliphatic carbocycles. The first-order chi connectivity index (χ1) is 7.30. The van der Waals surface area contributed by atoms with Crippen molar-refractivity contribution in [2.75, 3.05) is 5.75 Å². The van der Waals surface area contributed by atoms with Crippen LogP contribution >= 0.6 is 15.9 Å². The van der Waals surface area contributed by atoms with Crippen molar-refractivity contribution in [3.63, 3.8) is 0 Å². The molecule has 0 saturated carbocycles. The number of aliphatic hydroxyl groups is 1. The van der Waals surface area contributed by atoms with Crippen molar-refractivity contribution in [3.05, 3.63) is 34.1 Å². The van der Waals surface area contributed by atoms with Crippen LogP contribution < -0.4 is 0 Å². The maximum Gasteiger partial charge on any atom is 0.157 e. The molecule has 1 rings (SSSR count). The lowest BCUT2D eigenvalue weighted by Gasteiger charge is -2.07. The highest BCUT2D eigenvalue weighted by Gasteiger charge is 2.17. The lowest BCUT2D eigenvalue weighted by Crippen LogP contribution is -2.19. The number of aliphatic hydroxyl groups excluding tert-OH is 1. The minimum absolute atomic E-state index is 0.115. The molecule has 1 aromatic carbocycles. The van der Waals surface area contributed by atoms with Gasteiger partial charge in [-0.3, -0.25) is 0 Å². The highest BCUT2D eigenvalue weighted by Crippen LogP contribution is 2.17. The zero-order valence-electron chi connectivity index (χ0n) is 8.65. The van der Waals surface area contributed by atoms with Crippen molar-refractivity contribution in [1.82, 2.24) is 0 Å². The molecule has 0 unspecified atom stereocenters. The normalized spacial score (nSPS) is 13.8. The van der Waals surface area contributed by atoms with Crippen LogP contribution in [0, 0.1) is 5.82 Å². The van der Waals surface area contributed by atoms with E-state index in [2.05, 4.69) is 15.9 Å². The van der Waals surface area contributed by atoms with Crippen LogP contribution in [0.4, 0.5) is 4.39 Å². The Morgan fingerprint density at radius 2 is 2.12 bits per heavy atom. The summed E-state index contributed by atoms with van der Waals surface area (Å²) in [5, 5.41) is 9.00. The molecule has 1 aromatic rings. The lowest BCUT2D eigenvalue weighted by molar-refractivity contribution is 0.218. The van der Waals surface area contributed by atoms with Gasteiger partial charge in [-0.2, -0.15) is 0 Å². The number of sulfone groups is 1. The van der Waals surface area contributed by atoms with Gasteiger partial charge >= 0.3 is 0 Å². The fourth-order valence-corrected chi connectivity index (χ4v) is 3.20. The van der Waals surface area contributed by atoms with Crippen LogP contribution in [0.15, 0.2) is 22.7 Å².